The molecule has 1 atom stereocenters. The summed E-state index contributed by atoms with van der Waals surface area (Å²) in [4.78, 5) is 24.3. The minimum Gasteiger partial charge on any atom is -0.338 e. The van der Waals surface area contributed by atoms with E-state index in [4.69, 9.17) is 11.6 Å². The van der Waals surface area contributed by atoms with E-state index >= 15 is 0 Å². The number of amides is 1. The summed E-state index contributed by atoms with van der Waals surface area (Å²) in [5.74, 6) is 0.519. The molecule has 0 saturated heterocycles. The van der Waals surface area contributed by atoms with E-state index in [0.717, 1.165) is 12.2 Å². The molecule has 110 valence electrons. The number of halogens is 1. The number of nitro benzene ring substituents is 1. The second kappa shape index (κ2) is 7.50. The van der Waals surface area contributed by atoms with Crippen LogP contribution < -0.4 is 0 Å². The molecule has 0 aliphatic heterocycles. The third-order valence-electron chi connectivity index (χ3n) is 3.10. The van der Waals surface area contributed by atoms with Gasteiger partial charge < -0.3 is 4.90 Å². The van der Waals surface area contributed by atoms with Crippen molar-refractivity contribution in [3.63, 3.8) is 0 Å². The summed E-state index contributed by atoms with van der Waals surface area (Å²) in [6.07, 6.45) is 2.79. The molecule has 1 unspecified atom stereocenters. The fraction of sp³-hybridized carbons (Fsp3) is 0.462. The highest BCUT2D eigenvalue weighted by Gasteiger charge is 2.25. The fourth-order valence-electron chi connectivity index (χ4n) is 1.88. The summed E-state index contributed by atoms with van der Waals surface area (Å²) >= 11 is 7.63. The molecule has 1 aromatic rings. The van der Waals surface area contributed by atoms with Gasteiger partial charge in [0.15, 0.2) is 0 Å². The minimum absolute atomic E-state index is 0.0767. The number of rotatable bonds is 6. The molecule has 0 spiro atoms. The summed E-state index contributed by atoms with van der Waals surface area (Å²) in [7, 11) is 1.70. The SMILES string of the molecule is CCC(CSC)N(C)C(=O)c1cccc([N+](=O)[O-])c1Cl. The van der Waals surface area contributed by atoms with Crippen LogP contribution >= 0.6 is 23.4 Å². The summed E-state index contributed by atoms with van der Waals surface area (Å²) in [5, 5.41) is 10.7. The van der Waals surface area contributed by atoms with Gasteiger partial charge in [-0.25, -0.2) is 0 Å². The first-order valence-electron chi connectivity index (χ1n) is 6.13. The van der Waals surface area contributed by atoms with Crippen LogP contribution in [-0.4, -0.2) is 40.8 Å². The Morgan fingerprint density at radius 3 is 2.70 bits per heavy atom. The predicted molar refractivity (Wildman–Crippen MR) is 82.7 cm³/mol. The summed E-state index contributed by atoms with van der Waals surface area (Å²) in [6, 6.07) is 4.35. The lowest BCUT2D eigenvalue weighted by Gasteiger charge is -2.27. The van der Waals surface area contributed by atoms with Gasteiger partial charge in [-0.3, -0.25) is 14.9 Å². The molecule has 1 aromatic carbocycles. The van der Waals surface area contributed by atoms with Crippen molar-refractivity contribution in [1.82, 2.24) is 4.90 Å². The molecule has 0 fully saturated rings. The molecule has 7 heteroatoms. The molecule has 0 saturated carbocycles. The van der Waals surface area contributed by atoms with Gasteiger partial charge in [0.05, 0.1) is 10.5 Å². The van der Waals surface area contributed by atoms with Crippen molar-refractivity contribution in [2.75, 3.05) is 19.1 Å². The van der Waals surface area contributed by atoms with Crippen LogP contribution in [0.3, 0.4) is 0 Å². The van der Waals surface area contributed by atoms with E-state index in [9.17, 15) is 14.9 Å². The Bertz CT molecular complexity index is 510. The second-order valence-corrected chi connectivity index (χ2v) is 5.62. The maximum absolute atomic E-state index is 12.4. The lowest BCUT2D eigenvalue weighted by molar-refractivity contribution is -0.384. The molecule has 0 heterocycles. The number of carbonyl (C=O) groups is 1. The zero-order valence-corrected chi connectivity index (χ0v) is 13.2. The Morgan fingerprint density at radius 1 is 1.55 bits per heavy atom. The van der Waals surface area contributed by atoms with Crippen molar-refractivity contribution >= 4 is 35.0 Å². The van der Waals surface area contributed by atoms with Crippen LogP contribution in [0, 0.1) is 10.1 Å². The van der Waals surface area contributed by atoms with Gasteiger partial charge in [-0.1, -0.05) is 24.6 Å². The maximum Gasteiger partial charge on any atom is 0.288 e. The standard InChI is InChI=1S/C13H17ClN2O3S/c1-4-9(8-20-3)15(2)13(17)10-6-5-7-11(12(10)14)16(18)19/h5-7,9H,4,8H2,1-3H3. The summed E-state index contributed by atoms with van der Waals surface area (Å²) in [5.41, 5.74) is -0.0771. The number of nitro groups is 1. The Morgan fingerprint density at radius 2 is 2.20 bits per heavy atom. The van der Waals surface area contributed by atoms with Gasteiger partial charge in [-0.2, -0.15) is 11.8 Å². The Hall–Kier alpha value is -1.27. The number of benzene rings is 1. The minimum atomic E-state index is -0.585. The van der Waals surface area contributed by atoms with E-state index in [1.54, 1.807) is 23.7 Å². The van der Waals surface area contributed by atoms with Crippen LogP contribution in [0.25, 0.3) is 0 Å². The lowest BCUT2D eigenvalue weighted by Crippen LogP contribution is -2.38. The number of carbonyl (C=O) groups excluding carboxylic acids is 1. The van der Waals surface area contributed by atoms with E-state index in [2.05, 4.69) is 0 Å². The van der Waals surface area contributed by atoms with Crippen molar-refractivity contribution in [1.29, 1.82) is 0 Å². The molecule has 5 nitrogen and oxygen atoms in total. The zero-order valence-electron chi connectivity index (χ0n) is 11.6. The first-order valence-corrected chi connectivity index (χ1v) is 7.90. The topological polar surface area (TPSA) is 63.5 Å². The normalized spacial score (nSPS) is 12.0. The molecule has 0 aliphatic rings. The van der Waals surface area contributed by atoms with Crippen molar-refractivity contribution in [3.05, 3.63) is 38.9 Å². The molecule has 0 bridgehead atoms. The smallest absolute Gasteiger partial charge is 0.288 e. The third-order valence-corrected chi connectivity index (χ3v) is 4.22. The maximum atomic E-state index is 12.4. The number of hydrogen-bond acceptors (Lipinski definition) is 4. The quantitative estimate of drug-likeness (QED) is 0.595. The van der Waals surface area contributed by atoms with Gasteiger partial charge in [-0.15, -0.1) is 0 Å². The van der Waals surface area contributed by atoms with Gasteiger partial charge in [0.1, 0.15) is 5.02 Å². The van der Waals surface area contributed by atoms with Crippen LogP contribution in [0.2, 0.25) is 5.02 Å². The van der Waals surface area contributed by atoms with Gasteiger partial charge in [0.2, 0.25) is 0 Å². The summed E-state index contributed by atoms with van der Waals surface area (Å²) in [6.45, 7) is 2.00. The zero-order chi connectivity index (χ0) is 15.3. The van der Waals surface area contributed by atoms with Crippen LogP contribution in [0.15, 0.2) is 18.2 Å². The number of hydrogen-bond donors (Lipinski definition) is 0. The molecule has 1 amide bonds. The molecule has 0 N–H and O–H groups in total. The average Bonchev–Trinajstić information content (AvgIpc) is 2.43. The second-order valence-electron chi connectivity index (χ2n) is 4.33. The number of nitrogens with zero attached hydrogens (tertiary/aromatic N) is 2. The highest BCUT2D eigenvalue weighted by atomic mass is 35.5. The molecule has 0 aliphatic carbocycles. The first-order chi connectivity index (χ1) is 9.43. The van der Waals surface area contributed by atoms with Gasteiger partial charge in [-0.05, 0) is 18.7 Å². The number of thioether (sulfide) groups is 1. The van der Waals surface area contributed by atoms with E-state index in [1.807, 2.05) is 13.2 Å². The van der Waals surface area contributed by atoms with Crippen LogP contribution in [0.1, 0.15) is 23.7 Å². The molecular weight excluding hydrogens is 300 g/mol. The van der Waals surface area contributed by atoms with Crippen molar-refractivity contribution in [2.45, 2.75) is 19.4 Å². The fourth-order valence-corrected chi connectivity index (χ4v) is 3.00. The van der Waals surface area contributed by atoms with E-state index in [-0.39, 0.29) is 28.2 Å². The molecule has 0 aromatic heterocycles. The monoisotopic (exact) mass is 316 g/mol. The van der Waals surface area contributed by atoms with E-state index in [0.29, 0.717) is 0 Å². The van der Waals surface area contributed by atoms with Crippen molar-refractivity contribution in [2.24, 2.45) is 0 Å². The molecule has 0 radical (unpaired) electrons. The predicted octanol–water partition coefficient (Wildman–Crippen LogP) is 3.46. The largest absolute Gasteiger partial charge is 0.338 e. The van der Waals surface area contributed by atoms with Crippen molar-refractivity contribution < 1.29 is 9.72 Å². The third kappa shape index (κ3) is 3.64. The average molecular weight is 317 g/mol. The van der Waals surface area contributed by atoms with E-state index < -0.39 is 4.92 Å². The van der Waals surface area contributed by atoms with Gasteiger partial charge in [0, 0.05) is 24.9 Å². The molecular formula is C13H17ClN2O3S. The van der Waals surface area contributed by atoms with Gasteiger partial charge in [0.25, 0.3) is 11.6 Å². The highest BCUT2D eigenvalue weighted by molar-refractivity contribution is 7.98. The Labute approximate surface area is 127 Å². The molecule has 1 rings (SSSR count). The van der Waals surface area contributed by atoms with Crippen LogP contribution in [-0.2, 0) is 0 Å². The van der Waals surface area contributed by atoms with Gasteiger partial charge >= 0.3 is 0 Å². The van der Waals surface area contributed by atoms with Crippen molar-refractivity contribution in [3.8, 4) is 0 Å². The Kier molecular flexibility index (Phi) is 6.29. The lowest BCUT2D eigenvalue weighted by atomic mass is 10.1. The summed E-state index contributed by atoms with van der Waals surface area (Å²) < 4.78 is 0. The molecule has 20 heavy (non-hydrogen) atoms. The van der Waals surface area contributed by atoms with Crippen LogP contribution in [0.4, 0.5) is 5.69 Å². The van der Waals surface area contributed by atoms with Crippen LogP contribution in [0.5, 0.6) is 0 Å². The highest BCUT2D eigenvalue weighted by Crippen LogP contribution is 2.29. The van der Waals surface area contributed by atoms with E-state index in [1.165, 1.54) is 18.2 Å². The Balaban J connectivity index is 3.08. The first kappa shape index (κ1) is 16.8.